The third-order valence-corrected chi connectivity index (χ3v) is 2.62. The van der Waals surface area contributed by atoms with E-state index in [1.165, 1.54) is 16.8 Å². The quantitative estimate of drug-likeness (QED) is 0.844. The number of aromatic nitrogens is 2. The first-order valence-electron chi connectivity index (χ1n) is 4.85. The van der Waals surface area contributed by atoms with Gasteiger partial charge in [0.25, 0.3) is 0 Å². The maximum atomic E-state index is 13.0. The van der Waals surface area contributed by atoms with Crippen LogP contribution in [0.4, 0.5) is 4.39 Å². The molecule has 1 aromatic heterocycles. The Morgan fingerprint density at radius 2 is 2.25 bits per heavy atom. The second-order valence-corrected chi connectivity index (χ2v) is 3.73. The highest BCUT2D eigenvalue weighted by molar-refractivity contribution is 5.87. The Kier molecular flexibility index (Phi) is 2.38. The molecular weight excluding hydrogens is 211 g/mol. The zero-order valence-electron chi connectivity index (χ0n) is 8.94. The number of aliphatic carboxylic acids is 1. The fraction of sp³-hybridized carbons (Fsp3) is 0.273. The Morgan fingerprint density at radius 1 is 1.56 bits per heavy atom. The molecule has 0 fully saturated rings. The number of halogens is 1. The highest BCUT2D eigenvalue weighted by Crippen LogP contribution is 2.25. The average Bonchev–Trinajstić information content (AvgIpc) is 2.51. The van der Waals surface area contributed by atoms with Crippen LogP contribution in [0.25, 0.3) is 10.9 Å². The van der Waals surface area contributed by atoms with E-state index in [-0.39, 0.29) is 5.82 Å². The van der Waals surface area contributed by atoms with Crippen molar-refractivity contribution < 1.29 is 14.3 Å². The van der Waals surface area contributed by atoms with E-state index < -0.39 is 11.9 Å². The summed E-state index contributed by atoms with van der Waals surface area (Å²) in [7, 11) is 1.66. The summed E-state index contributed by atoms with van der Waals surface area (Å²) in [6.45, 7) is 1.59. The Morgan fingerprint density at radius 3 is 2.88 bits per heavy atom. The van der Waals surface area contributed by atoms with Gasteiger partial charge in [0, 0.05) is 18.5 Å². The van der Waals surface area contributed by atoms with Crippen LogP contribution in [0.5, 0.6) is 0 Å². The third kappa shape index (κ3) is 1.54. The molecule has 0 aliphatic heterocycles. The Labute approximate surface area is 91.3 Å². The number of carboxylic acid groups (broad SMARTS) is 1. The van der Waals surface area contributed by atoms with Crippen LogP contribution < -0.4 is 0 Å². The van der Waals surface area contributed by atoms with Gasteiger partial charge in [0.05, 0.1) is 17.1 Å². The van der Waals surface area contributed by atoms with Crippen LogP contribution in [0.1, 0.15) is 18.5 Å². The lowest BCUT2D eigenvalue weighted by molar-refractivity contribution is -0.138. The second-order valence-electron chi connectivity index (χ2n) is 3.73. The number of carboxylic acids is 1. The number of rotatable bonds is 2. The van der Waals surface area contributed by atoms with Gasteiger partial charge in [-0.25, -0.2) is 4.39 Å². The molecule has 1 unspecified atom stereocenters. The minimum atomic E-state index is -0.922. The highest BCUT2D eigenvalue weighted by atomic mass is 19.1. The van der Waals surface area contributed by atoms with E-state index in [0.717, 1.165) is 0 Å². The van der Waals surface area contributed by atoms with Crippen molar-refractivity contribution in [3.63, 3.8) is 0 Å². The summed E-state index contributed by atoms with van der Waals surface area (Å²) >= 11 is 0. The number of nitrogens with zero attached hydrogens (tertiary/aromatic N) is 2. The topological polar surface area (TPSA) is 55.1 Å². The summed E-state index contributed by atoms with van der Waals surface area (Å²) in [5.41, 5.74) is 1.06. The molecule has 1 N–H and O–H groups in total. The molecule has 0 saturated carbocycles. The lowest BCUT2D eigenvalue weighted by Crippen LogP contribution is -2.12. The first kappa shape index (κ1) is 10.6. The summed E-state index contributed by atoms with van der Waals surface area (Å²) in [6.07, 6.45) is 0. The molecule has 0 spiro atoms. The minimum Gasteiger partial charge on any atom is -0.481 e. The molecule has 0 amide bonds. The van der Waals surface area contributed by atoms with Crippen LogP contribution >= 0.6 is 0 Å². The predicted octanol–water partition coefficient (Wildman–Crippen LogP) is 1.90. The van der Waals surface area contributed by atoms with Gasteiger partial charge in [0.15, 0.2) is 0 Å². The molecule has 4 nitrogen and oxygen atoms in total. The second kappa shape index (κ2) is 3.59. The molecule has 84 valence electrons. The Balaban J connectivity index is 2.69. The van der Waals surface area contributed by atoms with Crippen LogP contribution in [0, 0.1) is 5.82 Å². The van der Waals surface area contributed by atoms with E-state index in [1.54, 1.807) is 20.0 Å². The van der Waals surface area contributed by atoms with Crippen molar-refractivity contribution in [2.24, 2.45) is 7.05 Å². The standard InChI is InChI=1S/C11H11FN2O2/c1-6(11(15)16)10-8-4-3-7(12)5-9(8)13-14(10)2/h3-6H,1-2H3,(H,15,16). The fourth-order valence-corrected chi connectivity index (χ4v) is 1.82. The van der Waals surface area contributed by atoms with Crippen molar-refractivity contribution in [1.82, 2.24) is 9.78 Å². The molecule has 0 aliphatic carbocycles. The molecule has 2 aromatic rings. The summed E-state index contributed by atoms with van der Waals surface area (Å²) in [5.74, 6) is -1.96. The van der Waals surface area contributed by atoms with Gasteiger partial charge < -0.3 is 5.11 Å². The van der Waals surface area contributed by atoms with Gasteiger partial charge in [-0.2, -0.15) is 5.10 Å². The van der Waals surface area contributed by atoms with E-state index in [0.29, 0.717) is 16.6 Å². The zero-order valence-corrected chi connectivity index (χ0v) is 8.94. The Bertz CT molecular complexity index is 562. The first-order chi connectivity index (χ1) is 7.50. The lowest BCUT2D eigenvalue weighted by Gasteiger charge is -2.06. The van der Waals surface area contributed by atoms with Crippen molar-refractivity contribution >= 4 is 16.9 Å². The van der Waals surface area contributed by atoms with Gasteiger partial charge in [-0.15, -0.1) is 0 Å². The zero-order chi connectivity index (χ0) is 11.9. The summed E-state index contributed by atoms with van der Waals surface area (Å²) in [5, 5.41) is 13.7. The van der Waals surface area contributed by atoms with Crippen LogP contribution in [-0.4, -0.2) is 20.9 Å². The molecule has 16 heavy (non-hydrogen) atoms. The van der Waals surface area contributed by atoms with Gasteiger partial charge in [0.2, 0.25) is 0 Å². The van der Waals surface area contributed by atoms with E-state index >= 15 is 0 Å². The summed E-state index contributed by atoms with van der Waals surface area (Å²) in [4.78, 5) is 10.9. The molecule has 0 aliphatic rings. The average molecular weight is 222 g/mol. The van der Waals surface area contributed by atoms with Crippen molar-refractivity contribution in [2.75, 3.05) is 0 Å². The largest absolute Gasteiger partial charge is 0.481 e. The van der Waals surface area contributed by atoms with Crippen molar-refractivity contribution in [3.05, 3.63) is 29.7 Å². The normalized spacial score (nSPS) is 12.9. The van der Waals surface area contributed by atoms with Crippen LogP contribution in [0.3, 0.4) is 0 Å². The van der Waals surface area contributed by atoms with Crippen molar-refractivity contribution in [1.29, 1.82) is 0 Å². The molecule has 1 aromatic carbocycles. The van der Waals surface area contributed by atoms with E-state index in [1.807, 2.05) is 0 Å². The minimum absolute atomic E-state index is 0.375. The smallest absolute Gasteiger partial charge is 0.312 e. The Hall–Kier alpha value is -1.91. The van der Waals surface area contributed by atoms with Gasteiger partial charge >= 0.3 is 5.97 Å². The first-order valence-corrected chi connectivity index (χ1v) is 4.85. The number of benzene rings is 1. The fourth-order valence-electron chi connectivity index (χ4n) is 1.82. The summed E-state index contributed by atoms with van der Waals surface area (Å²) < 4.78 is 14.5. The summed E-state index contributed by atoms with van der Waals surface area (Å²) in [6, 6.07) is 4.17. The number of hydrogen-bond donors (Lipinski definition) is 1. The van der Waals surface area contributed by atoms with Crippen LogP contribution in [0.2, 0.25) is 0 Å². The number of fused-ring (bicyclic) bond motifs is 1. The lowest BCUT2D eigenvalue weighted by atomic mass is 10.0. The number of hydrogen-bond acceptors (Lipinski definition) is 2. The molecule has 1 heterocycles. The van der Waals surface area contributed by atoms with E-state index in [9.17, 15) is 9.18 Å². The predicted molar refractivity (Wildman–Crippen MR) is 56.7 cm³/mol. The molecule has 0 bridgehead atoms. The van der Waals surface area contributed by atoms with Gasteiger partial charge in [-0.1, -0.05) is 0 Å². The molecule has 5 heteroatoms. The molecule has 0 saturated heterocycles. The van der Waals surface area contributed by atoms with E-state index in [2.05, 4.69) is 5.10 Å². The molecular formula is C11H11FN2O2. The molecule has 1 atom stereocenters. The number of carbonyl (C=O) groups is 1. The monoisotopic (exact) mass is 222 g/mol. The van der Waals surface area contributed by atoms with Gasteiger partial charge in [-0.05, 0) is 19.1 Å². The maximum Gasteiger partial charge on any atom is 0.312 e. The van der Waals surface area contributed by atoms with Crippen LogP contribution in [0.15, 0.2) is 18.2 Å². The highest BCUT2D eigenvalue weighted by Gasteiger charge is 2.21. The van der Waals surface area contributed by atoms with Crippen molar-refractivity contribution in [3.8, 4) is 0 Å². The SMILES string of the molecule is CC(C(=O)O)c1c2ccc(F)cc2nn1C. The molecule has 0 radical (unpaired) electrons. The van der Waals surface area contributed by atoms with Gasteiger partial charge in [0.1, 0.15) is 5.82 Å². The van der Waals surface area contributed by atoms with Crippen LogP contribution in [-0.2, 0) is 11.8 Å². The van der Waals surface area contributed by atoms with Gasteiger partial charge in [-0.3, -0.25) is 9.48 Å². The molecule has 2 rings (SSSR count). The maximum absolute atomic E-state index is 13.0. The van der Waals surface area contributed by atoms with E-state index in [4.69, 9.17) is 5.11 Å². The van der Waals surface area contributed by atoms with Crippen molar-refractivity contribution in [2.45, 2.75) is 12.8 Å². The number of aryl methyl sites for hydroxylation is 1. The third-order valence-electron chi connectivity index (χ3n) is 2.62.